The van der Waals surface area contributed by atoms with Crippen LogP contribution in [0.1, 0.15) is 11.1 Å². The zero-order valence-electron chi connectivity index (χ0n) is 15.2. The second-order valence-corrected chi connectivity index (χ2v) is 10.4. The van der Waals surface area contributed by atoms with Gasteiger partial charge in [-0.25, -0.2) is 16.8 Å². The summed E-state index contributed by atoms with van der Waals surface area (Å²) in [5, 5.41) is 0. The molecule has 29 heavy (non-hydrogen) atoms. The Labute approximate surface area is 167 Å². The molecule has 6 nitrogen and oxygen atoms in total. The maximum Gasteiger partial charge on any atom is 0.417 e. The monoisotopic (exact) mass is 448 g/mol. The lowest BCUT2D eigenvalue weighted by atomic mass is 10.2. The van der Waals surface area contributed by atoms with Crippen molar-refractivity contribution in [3.8, 4) is 0 Å². The van der Waals surface area contributed by atoms with E-state index in [-0.39, 0.29) is 31.9 Å². The fourth-order valence-corrected chi connectivity index (χ4v) is 6.28. The molecule has 1 fully saturated rings. The Kier molecular flexibility index (Phi) is 6.04. The largest absolute Gasteiger partial charge is 0.417 e. The van der Waals surface area contributed by atoms with E-state index in [0.29, 0.717) is 11.6 Å². The third-order valence-corrected chi connectivity index (χ3v) is 8.40. The number of sulfonamides is 2. The minimum Gasteiger partial charge on any atom is -0.212 e. The number of alkyl halides is 3. The predicted octanol–water partition coefficient (Wildman–Crippen LogP) is 2.54. The summed E-state index contributed by atoms with van der Waals surface area (Å²) in [6, 6.07) is 12.5. The average molecular weight is 448 g/mol. The van der Waals surface area contributed by atoms with Crippen molar-refractivity contribution in [1.82, 2.24) is 8.61 Å². The van der Waals surface area contributed by atoms with Gasteiger partial charge < -0.3 is 0 Å². The molecular weight excluding hydrogens is 429 g/mol. The van der Waals surface area contributed by atoms with E-state index in [1.165, 1.54) is 10.4 Å². The number of hydrogen-bond donors (Lipinski definition) is 0. The molecule has 2 aromatic carbocycles. The number of piperazine rings is 1. The van der Waals surface area contributed by atoms with E-state index in [4.69, 9.17) is 0 Å². The summed E-state index contributed by atoms with van der Waals surface area (Å²) in [6.45, 7) is -0.684. The topological polar surface area (TPSA) is 74.8 Å². The van der Waals surface area contributed by atoms with Crippen LogP contribution in [-0.4, -0.2) is 51.6 Å². The van der Waals surface area contributed by atoms with Gasteiger partial charge in [0.15, 0.2) is 0 Å². The highest BCUT2D eigenvalue weighted by molar-refractivity contribution is 7.89. The van der Waals surface area contributed by atoms with Gasteiger partial charge in [0.1, 0.15) is 0 Å². The average Bonchev–Trinajstić information content (AvgIpc) is 2.68. The highest BCUT2D eigenvalue weighted by Crippen LogP contribution is 2.35. The van der Waals surface area contributed by atoms with E-state index in [9.17, 15) is 30.0 Å². The highest BCUT2D eigenvalue weighted by atomic mass is 32.2. The molecule has 0 saturated carbocycles. The number of rotatable bonds is 5. The Morgan fingerprint density at radius 2 is 1.28 bits per heavy atom. The van der Waals surface area contributed by atoms with Crippen LogP contribution in [0, 0.1) is 0 Å². The standard InChI is InChI=1S/C18H19F3N2O4S2/c19-18(20,21)16-8-4-5-9-17(16)29(26,27)23-12-10-22(11-13-23)28(24,25)14-15-6-2-1-3-7-15/h1-9H,10-14H2. The number of hydrogen-bond acceptors (Lipinski definition) is 4. The quantitative estimate of drug-likeness (QED) is 0.705. The Morgan fingerprint density at radius 3 is 1.86 bits per heavy atom. The van der Waals surface area contributed by atoms with E-state index >= 15 is 0 Å². The van der Waals surface area contributed by atoms with Gasteiger partial charge in [-0.05, 0) is 17.7 Å². The van der Waals surface area contributed by atoms with Gasteiger partial charge in [0.2, 0.25) is 20.0 Å². The van der Waals surface area contributed by atoms with Crippen LogP contribution in [0.5, 0.6) is 0 Å². The van der Waals surface area contributed by atoms with Crippen LogP contribution in [-0.2, 0) is 32.0 Å². The van der Waals surface area contributed by atoms with Gasteiger partial charge in [-0.15, -0.1) is 0 Å². The third kappa shape index (κ3) is 4.80. The molecule has 1 aliphatic heterocycles. The molecule has 0 unspecified atom stereocenters. The zero-order valence-corrected chi connectivity index (χ0v) is 16.8. The first-order valence-electron chi connectivity index (χ1n) is 8.70. The fraction of sp³-hybridized carbons (Fsp3) is 0.333. The van der Waals surface area contributed by atoms with E-state index in [2.05, 4.69) is 0 Å². The summed E-state index contributed by atoms with van der Waals surface area (Å²) in [7, 11) is -8.08. The maximum atomic E-state index is 13.2. The molecule has 3 rings (SSSR count). The van der Waals surface area contributed by atoms with Crippen LogP contribution in [0.15, 0.2) is 59.5 Å². The van der Waals surface area contributed by atoms with Crippen LogP contribution >= 0.6 is 0 Å². The van der Waals surface area contributed by atoms with Crippen LogP contribution in [0.3, 0.4) is 0 Å². The summed E-state index contributed by atoms with van der Waals surface area (Å²) in [5.41, 5.74) is -0.638. The van der Waals surface area contributed by atoms with Gasteiger partial charge in [0, 0.05) is 26.2 Å². The Bertz CT molecular complexity index is 1060. The van der Waals surface area contributed by atoms with Crippen molar-refractivity contribution in [2.45, 2.75) is 16.8 Å². The molecule has 0 radical (unpaired) electrons. The Hall–Kier alpha value is -1.95. The van der Waals surface area contributed by atoms with Crippen LogP contribution in [0.25, 0.3) is 0 Å². The van der Waals surface area contributed by atoms with Crippen molar-refractivity contribution in [1.29, 1.82) is 0 Å². The van der Waals surface area contributed by atoms with Crippen molar-refractivity contribution in [2.24, 2.45) is 0 Å². The predicted molar refractivity (Wildman–Crippen MR) is 101 cm³/mol. The first kappa shape index (κ1) is 21.8. The normalized spacial score (nSPS) is 17.3. The van der Waals surface area contributed by atoms with Gasteiger partial charge in [-0.3, -0.25) is 0 Å². The Balaban J connectivity index is 1.75. The van der Waals surface area contributed by atoms with Crippen molar-refractivity contribution >= 4 is 20.0 Å². The van der Waals surface area contributed by atoms with Crippen LogP contribution < -0.4 is 0 Å². The van der Waals surface area contributed by atoms with E-state index in [1.54, 1.807) is 30.3 Å². The van der Waals surface area contributed by atoms with Gasteiger partial charge in [-0.1, -0.05) is 42.5 Å². The molecule has 0 bridgehead atoms. The molecule has 11 heteroatoms. The van der Waals surface area contributed by atoms with Crippen molar-refractivity contribution in [2.75, 3.05) is 26.2 Å². The lowest BCUT2D eigenvalue weighted by molar-refractivity contribution is -0.139. The number of halogens is 3. The lowest BCUT2D eigenvalue weighted by Gasteiger charge is -2.33. The zero-order chi connectivity index (χ0) is 21.3. The summed E-state index contributed by atoms with van der Waals surface area (Å²) in [5.74, 6) is -0.225. The Morgan fingerprint density at radius 1 is 0.759 bits per heavy atom. The molecule has 1 heterocycles. The molecule has 2 aromatic rings. The molecule has 0 atom stereocenters. The molecule has 0 aromatic heterocycles. The molecule has 0 spiro atoms. The van der Waals surface area contributed by atoms with Crippen molar-refractivity contribution in [3.63, 3.8) is 0 Å². The van der Waals surface area contributed by atoms with Crippen molar-refractivity contribution in [3.05, 3.63) is 65.7 Å². The molecule has 0 aliphatic carbocycles. The number of nitrogens with zero attached hydrogens (tertiary/aromatic N) is 2. The third-order valence-electron chi connectivity index (χ3n) is 4.59. The second-order valence-electron chi connectivity index (χ2n) is 6.54. The van der Waals surface area contributed by atoms with Crippen molar-refractivity contribution < 1.29 is 30.0 Å². The first-order chi connectivity index (χ1) is 13.5. The fourth-order valence-electron chi connectivity index (χ4n) is 3.13. The van der Waals surface area contributed by atoms with E-state index < -0.39 is 36.7 Å². The summed E-state index contributed by atoms with van der Waals surface area (Å²) in [4.78, 5) is -0.826. The summed E-state index contributed by atoms with van der Waals surface area (Å²) >= 11 is 0. The molecule has 158 valence electrons. The summed E-state index contributed by atoms with van der Waals surface area (Å²) in [6.07, 6.45) is -4.81. The highest BCUT2D eigenvalue weighted by Gasteiger charge is 2.40. The maximum absolute atomic E-state index is 13.2. The van der Waals surface area contributed by atoms with Crippen LogP contribution in [0.2, 0.25) is 0 Å². The van der Waals surface area contributed by atoms with E-state index in [0.717, 1.165) is 16.4 Å². The van der Waals surface area contributed by atoms with Crippen LogP contribution in [0.4, 0.5) is 13.2 Å². The molecule has 1 aliphatic rings. The SMILES string of the molecule is O=S(=O)(Cc1ccccc1)N1CCN(S(=O)(=O)c2ccccc2C(F)(F)F)CC1. The molecular formula is C18H19F3N2O4S2. The van der Waals surface area contributed by atoms with Gasteiger partial charge in [0.05, 0.1) is 16.2 Å². The second kappa shape index (κ2) is 8.05. The van der Waals surface area contributed by atoms with Gasteiger partial charge in [0.25, 0.3) is 0 Å². The molecule has 0 amide bonds. The molecule has 1 saturated heterocycles. The first-order valence-corrected chi connectivity index (χ1v) is 11.7. The smallest absolute Gasteiger partial charge is 0.212 e. The minimum atomic E-state index is -4.81. The lowest BCUT2D eigenvalue weighted by Crippen LogP contribution is -2.50. The van der Waals surface area contributed by atoms with Gasteiger partial charge in [-0.2, -0.15) is 21.8 Å². The van der Waals surface area contributed by atoms with E-state index in [1.807, 2.05) is 0 Å². The summed E-state index contributed by atoms with van der Waals surface area (Å²) < 4.78 is 92.3. The minimum absolute atomic E-state index is 0.122. The molecule has 0 N–H and O–H groups in total. The van der Waals surface area contributed by atoms with Gasteiger partial charge >= 0.3 is 6.18 Å². The number of benzene rings is 2.